The molecule has 0 aliphatic rings. The van der Waals surface area contributed by atoms with E-state index in [1.807, 2.05) is 14.0 Å². The quantitative estimate of drug-likeness (QED) is 0.827. The zero-order valence-electron chi connectivity index (χ0n) is 12.6. The zero-order valence-corrected chi connectivity index (χ0v) is 13.4. The number of nitriles is 1. The first kappa shape index (κ1) is 16.1. The highest BCUT2D eigenvalue weighted by atomic mass is 32.2. The standard InChI is InChI=1S/C16H24N2S/c1-15(2,3)13-6-8-14(9-7-13)19-11-10-16(4,12-17)18-5/h6-9,18H,10-11H2,1-5H3. The molecule has 0 saturated heterocycles. The Balaban J connectivity index is 2.54. The number of thioether (sulfide) groups is 1. The van der Waals surface area contributed by atoms with Gasteiger partial charge in [-0.15, -0.1) is 11.8 Å². The zero-order chi connectivity index (χ0) is 14.5. The molecule has 2 nitrogen and oxygen atoms in total. The molecule has 0 radical (unpaired) electrons. The van der Waals surface area contributed by atoms with Gasteiger partial charge in [-0.3, -0.25) is 0 Å². The molecule has 0 aliphatic carbocycles. The number of benzene rings is 1. The number of nitrogens with one attached hydrogen (secondary N) is 1. The maximum Gasteiger partial charge on any atom is 0.104 e. The highest BCUT2D eigenvalue weighted by Gasteiger charge is 2.20. The smallest absolute Gasteiger partial charge is 0.104 e. The Hall–Kier alpha value is -0.980. The highest BCUT2D eigenvalue weighted by molar-refractivity contribution is 7.99. The van der Waals surface area contributed by atoms with Crippen molar-refractivity contribution in [3.8, 4) is 6.07 Å². The predicted octanol–water partition coefficient (Wildman–Crippen LogP) is 3.97. The molecule has 0 aliphatic heterocycles. The van der Waals surface area contributed by atoms with Crippen LogP contribution < -0.4 is 5.32 Å². The number of hydrogen-bond acceptors (Lipinski definition) is 3. The lowest BCUT2D eigenvalue weighted by Gasteiger charge is -2.20. The van der Waals surface area contributed by atoms with Crippen molar-refractivity contribution in [3.63, 3.8) is 0 Å². The third-order valence-corrected chi connectivity index (χ3v) is 4.40. The van der Waals surface area contributed by atoms with Gasteiger partial charge in [-0.05, 0) is 43.5 Å². The largest absolute Gasteiger partial charge is 0.303 e. The number of rotatable bonds is 5. The Morgan fingerprint density at radius 2 is 1.74 bits per heavy atom. The molecule has 0 aromatic heterocycles. The third kappa shape index (κ3) is 4.89. The summed E-state index contributed by atoms with van der Waals surface area (Å²) < 4.78 is 0. The summed E-state index contributed by atoms with van der Waals surface area (Å²) in [6, 6.07) is 11.1. The lowest BCUT2D eigenvalue weighted by molar-refractivity contribution is 0.480. The molecule has 1 aromatic carbocycles. The van der Waals surface area contributed by atoms with Crippen molar-refractivity contribution in [3.05, 3.63) is 29.8 Å². The van der Waals surface area contributed by atoms with Crippen molar-refractivity contribution in [1.29, 1.82) is 5.26 Å². The molecule has 3 heteroatoms. The van der Waals surface area contributed by atoms with Gasteiger partial charge in [-0.25, -0.2) is 0 Å². The molecule has 19 heavy (non-hydrogen) atoms. The van der Waals surface area contributed by atoms with Gasteiger partial charge in [0.25, 0.3) is 0 Å². The van der Waals surface area contributed by atoms with Gasteiger partial charge >= 0.3 is 0 Å². The predicted molar refractivity (Wildman–Crippen MR) is 83.6 cm³/mol. The minimum absolute atomic E-state index is 0.203. The third-order valence-electron chi connectivity index (χ3n) is 3.39. The highest BCUT2D eigenvalue weighted by Crippen LogP contribution is 2.26. The Morgan fingerprint density at radius 3 is 2.16 bits per heavy atom. The van der Waals surface area contributed by atoms with E-state index in [1.165, 1.54) is 10.5 Å². The first-order chi connectivity index (χ1) is 8.80. The molecule has 0 amide bonds. The van der Waals surface area contributed by atoms with Gasteiger partial charge in [-0.2, -0.15) is 5.26 Å². The normalized spacial score (nSPS) is 14.7. The van der Waals surface area contributed by atoms with Gasteiger partial charge in [0.2, 0.25) is 0 Å². The van der Waals surface area contributed by atoms with E-state index < -0.39 is 5.54 Å². The van der Waals surface area contributed by atoms with E-state index in [4.69, 9.17) is 5.26 Å². The molecule has 0 fully saturated rings. The summed E-state index contributed by atoms with van der Waals surface area (Å²) in [6.07, 6.45) is 0.839. The first-order valence-electron chi connectivity index (χ1n) is 6.64. The monoisotopic (exact) mass is 276 g/mol. The molecule has 1 atom stereocenters. The van der Waals surface area contributed by atoms with Crippen molar-refractivity contribution in [2.24, 2.45) is 0 Å². The lowest BCUT2D eigenvalue weighted by atomic mass is 9.87. The number of nitrogens with zero attached hydrogens (tertiary/aromatic N) is 1. The van der Waals surface area contributed by atoms with E-state index in [-0.39, 0.29) is 5.41 Å². The van der Waals surface area contributed by atoms with E-state index in [9.17, 15) is 0 Å². The molecule has 1 rings (SSSR count). The summed E-state index contributed by atoms with van der Waals surface area (Å²) in [6.45, 7) is 8.61. The molecular weight excluding hydrogens is 252 g/mol. The molecular formula is C16H24N2S. The molecule has 104 valence electrons. The fourth-order valence-electron chi connectivity index (χ4n) is 1.66. The Morgan fingerprint density at radius 1 is 1.16 bits per heavy atom. The van der Waals surface area contributed by atoms with Gasteiger partial charge in [-0.1, -0.05) is 32.9 Å². The molecule has 1 aromatic rings. The first-order valence-corrected chi connectivity index (χ1v) is 7.63. The maximum atomic E-state index is 9.09. The molecule has 0 saturated carbocycles. The van der Waals surface area contributed by atoms with Gasteiger partial charge in [0.05, 0.1) is 6.07 Å². The second-order valence-corrected chi connectivity index (χ2v) is 7.24. The van der Waals surface area contributed by atoms with Crippen LogP contribution in [-0.4, -0.2) is 18.3 Å². The minimum atomic E-state index is -0.418. The van der Waals surface area contributed by atoms with E-state index in [0.29, 0.717) is 0 Å². The second kappa shape index (κ2) is 6.45. The lowest BCUT2D eigenvalue weighted by Crippen LogP contribution is -2.38. The van der Waals surface area contributed by atoms with Crippen LogP contribution in [0.1, 0.15) is 39.7 Å². The molecule has 0 bridgehead atoms. The van der Waals surface area contributed by atoms with Crippen LogP contribution in [0, 0.1) is 11.3 Å². The summed E-state index contributed by atoms with van der Waals surface area (Å²) in [7, 11) is 1.84. The van der Waals surface area contributed by atoms with Gasteiger partial charge in [0.1, 0.15) is 5.54 Å². The van der Waals surface area contributed by atoms with Gasteiger partial charge in [0.15, 0.2) is 0 Å². The van der Waals surface area contributed by atoms with Gasteiger partial charge in [0, 0.05) is 10.6 Å². The molecule has 0 spiro atoms. The van der Waals surface area contributed by atoms with Crippen LogP contribution in [0.4, 0.5) is 0 Å². The van der Waals surface area contributed by atoms with E-state index in [1.54, 1.807) is 11.8 Å². The Kier molecular flexibility index (Phi) is 5.46. The van der Waals surface area contributed by atoms with Crippen molar-refractivity contribution < 1.29 is 0 Å². The van der Waals surface area contributed by atoms with Crippen LogP contribution in [0.3, 0.4) is 0 Å². The maximum absolute atomic E-state index is 9.09. The van der Waals surface area contributed by atoms with Crippen LogP contribution >= 0.6 is 11.8 Å². The van der Waals surface area contributed by atoms with Crippen LogP contribution in [-0.2, 0) is 5.41 Å². The molecule has 1 unspecified atom stereocenters. The Labute approximate surface area is 121 Å². The van der Waals surface area contributed by atoms with Crippen molar-refractivity contribution in [1.82, 2.24) is 5.32 Å². The van der Waals surface area contributed by atoms with Crippen molar-refractivity contribution in [2.45, 2.75) is 50.0 Å². The Bertz CT molecular complexity index is 439. The minimum Gasteiger partial charge on any atom is -0.303 e. The van der Waals surface area contributed by atoms with E-state index >= 15 is 0 Å². The fraction of sp³-hybridized carbons (Fsp3) is 0.562. The average Bonchev–Trinajstić information content (AvgIpc) is 2.38. The SMILES string of the molecule is CNC(C)(C#N)CCSc1ccc(C(C)(C)C)cc1. The summed E-state index contributed by atoms with van der Waals surface area (Å²) in [5, 5.41) is 12.2. The van der Waals surface area contributed by atoms with E-state index in [2.05, 4.69) is 56.4 Å². The second-order valence-electron chi connectivity index (χ2n) is 6.07. The fourth-order valence-corrected chi connectivity index (χ4v) is 2.74. The number of hydrogen-bond donors (Lipinski definition) is 1. The summed E-state index contributed by atoms with van der Waals surface area (Å²) in [5.74, 6) is 0.944. The summed E-state index contributed by atoms with van der Waals surface area (Å²) in [4.78, 5) is 1.27. The van der Waals surface area contributed by atoms with Crippen molar-refractivity contribution in [2.75, 3.05) is 12.8 Å². The summed E-state index contributed by atoms with van der Waals surface area (Å²) in [5.41, 5.74) is 1.14. The van der Waals surface area contributed by atoms with Crippen LogP contribution in [0.5, 0.6) is 0 Å². The molecule has 1 N–H and O–H groups in total. The topological polar surface area (TPSA) is 35.8 Å². The van der Waals surface area contributed by atoms with E-state index in [0.717, 1.165) is 12.2 Å². The van der Waals surface area contributed by atoms with Crippen LogP contribution in [0.15, 0.2) is 29.2 Å². The van der Waals surface area contributed by atoms with Crippen LogP contribution in [0.25, 0.3) is 0 Å². The molecule has 0 heterocycles. The van der Waals surface area contributed by atoms with Crippen molar-refractivity contribution >= 4 is 11.8 Å². The summed E-state index contributed by atoms with van der Waals surface area (Å²) >= 11 is 1.81. The van der Waals surface area contributed by atoms with Crippen LogP contribution in [0.2, 0.25) is 0 Å². The average molecular weight is 276 g/mol. The van der Waals surface area contributed by atoms with Gasteiger partial charge < -0.3 is 5.32 Å².